The molecule has 1 aliphatic heterocycles. The largest absolute Gasteiger partial charge is 0.381 e. The number of nitrogens with zero attached hydrogens (tertiary/aromatic N) is 1. The molecular formula is C9H18N2O4S. The second kappa shape index (κ2) is 5.60. The van der Waals surface area contributed by atoms with E-state index >= 15 is 0 Å². The molecule has 1 fully saturated rings. The van der Waals surface area contributed by atoms with Crippen molar-refractivity contribution < 1.29 is 17.9 Å². The van der Waals surface area contributed by atoms with Gasteiger partial charge in [-0.3, -0.25) is 4.79 Å². The summed E-state index contributed by atoms with van der Waals surface area (Å²) in [6, 6.07) is -0.625. The molecule has 0 aliphatic carbocycles. The minimum Gasteiger partial charge on any atom is -0.381 e. The van der Waals surface area contributed by atoms with Gasteiger partial charge in [0.1, 0.15) is 6.04 Å². The van der Waals surface area contributed by atoms with E-state index in [9.17, 15) is 13.2 Å². The van der Waals surface area contributed by atoms with Crippen LogP contribution in [0.1, 0.15) is 13.8 Å². The topological polar surface area (TPSA) is 75.7 Å². The Kier molecular flexibility index (Phi) is 4.69. The van der Waals surface area contributed by atoms with Crippen LogP contribution in [-0.2, 0) is 19.6 Å². The van der Waals surface area contributed by atoms with Gasteiger partial charge < -0.3 is 10.1 Å². The highest BCUT2D eigenvalue weighted by molar-refractivity contribution is 7.89. The van der Waals surface area contributed by atoms with E-state index in [1.54, 1.807) is 6.92 Å². The Labute approximate surface area is 96.0 Å². The van der Waals surface area contributed by atoms with Crippen molar-refractivity contribution >= 4 is 15.9 Å². The molecule has 1 heterocycles. The van der Waals surface area contributed by atoms with Crippen LogP contribution in [0.25, 0.3) is 0 Å². The van der Waals surface area contributed by atoms with Crippen molar-refractivity contribution in [2.24, 2.45) is 0 Å². The highest BCUT2D eigenvalue weighted by Gasteiger charge is 2.33. The number of sulfonamides is 1. The lowest BCUT2D eigenvalue weighted by Gasteiger charge is -2.31. The Morgan fingerprint density at radius 3 is 2.88 bits per heavy atom. The molecule has 6 nitrogen and oxygen atoms in total. The van der Waals surface area contributed by atoms with E-state index in [0.717, 1.165) is 0 Å². The summed E-state index contributed by atoms with van der Waals surface area (Å²) >= 11 is 0. The molecule has 1 saturated heterocycles. The Morgan fingerprint density at radius 2 is 2.25 bits per heavy atom. The second-order valence-corrected chi connectivity index (χ2v) is 5.63. The molecule has 0 aromatic carbocycles. The van der Waals surface area contributed by atoms with Crippen molar-refractivity contribution in [3.05, 3.63) is 0 Å². The molecule has 1 unspecified atom stereocenters. The van der Waals surface area contributed by atoms with E-state index in [4.69, 9.17) is 4.74 Å². The molecule has 1 amide bonds. The van der Waals surface area contributed by atoms with E-state index in [1.807, 2.05) is 6.92 Å². The molecule has 1 rings (SSSR count). The van der Waals surface area contributed by atoms with Crippen molar-refractivity contribution in [3.8, 4) is 0 Å². The van der Waals surface area contributed by atoms with Gasteiger partial charge in [-0.05, 0) is 13.8 Å². The Bertz CT molecular complexity index is 341. The van der Waals surface area contributed by atoms with Crippen LogP contribution >= 0.6 is 0 Å². The van der Waals surface area contributed by atoms with E-state index in [-0.39, 0.29) is 18.3 Å². The molecule has 0 radical (unpaired) electrons. The smallest absolute Gasteiger partial charge is 0.238 e. The van der Waals surface area contributed by atoms with Crippen molar-refractivity contribution in [2.45, 2.75) is 19.9 Å². The van der Waals surface area contributed by atoms with E-state index < -0.39 is 16.1 Å². The minimum atomic E-state index is -3.39. The van der Waals surface area contributed by atoms with Crippen molar-refractivity contribution in [1.82, 2.24) is 9.62 Å². The van der Waals surface area contributed by atoms with Gasteiger partial charge in [-0.2, -0.15) is 4.31 Å². The first-order chi connectivity index (χ1) is 7.49. The lowest BCUT2D eigenvalue weighted by molar-refractivity contribution is -0.126. The van der Waals surface area contributed by atoms with Crippen molar-refractivity contribution in [3.63, 3.8) is 0 Å². The van der Waals surface area contributed by atoms with Crippen LogP contribution in [0.2, 0.25) is 0 Å². The summed E-state index contributed by atoms with van der Waals surface area (Å²) in [7, 11) is -3.39. The molecule has 16 heavy (non-hydrogen) atoms. The molecule has 1 aliphatic rings. The average Bonchev–Trinajstić information content (AvgIpc) is 2.22. The van der Waals surface area contributed by atoms with E-state index in [0.29, 0.717) is 19.7 Å². The summed E-state index contributed by atoms with van der Waals surface area (Å²) in [4.78, 5) is 11.3. The van der Waals surface area contributed by atoms with Gasteiger partial charge in [-0.15, -0.1) is 0 Å². The fourth-order valence-corrected chi connectivity index (χ4v) is 3.08. The third-order valence-electron chi connectivity index (χ3n) is 2.49. The summed E-state index contributed by atoms with van der Waals surface area (Å²) in [6.45, 7) is 4.77. The summed E-state index contributed by atoms with van der Waals surface area (Å²) in [5.74, 6) is -0.315. The molecule has 1 atom stereocenters. The van der Waals surface area contributed by atoms with Gasteiger partial charge in [0.25, 0.3) is 0 Å². The quantitative estimate of drug-likeness (QED) is 0.646. The Morgan fingerprint density at radius 1 is 1.56 bits per heavy atom. The van der Waals surface area contributed by atoms with Gasteiger partial charge in [0, 0.05) is 19.7 Å². The summed E-state index contributed by atoms with van der Waals surface area (Å²) in [6.07, 6.45) is 0. The molecule has 0 saturated carbocycles. The lowest BCUT2D eigenvalue weighted by atomic mass is 10.2. The molecule has 1 N–H and O–H groups in total. The second-order valence-electron chi connectivity index (χ2n) is 3.59. The molecule has 0 aromatic heterocycles. The van der Waals surface area contributed by atoms with Crippen LogP contribution in [0.3, 0.4) is 0 Å². The maximum Gasteiger partial charge on any atom is 0.238 e. The van der Waals surface area contributed by atoms with Gasteiger partial charge in [0.15, 0.2) is 0 Å². The summed E-state index contributed by atoms with van der Waals surface area (Å²) in [5.41, 5.74) is 0. The highest BCUT2D eigenvalue weighted by Crippen LogP contribution is 2.10. The maximum atomic E-state index is 11.9. The zero-order valence-corrected chi connectivity index (χ0v) is 10.4. The molecule has 0 aromatic rings. The summed E-state index contributed by atoms with van der Waals surface area (Å²) < 4.78 is 30.0. The summed E-state index contributed by atoms with van der Waals surface area (Å²) in [5, 5.41) is 2.62. The van der Waals surface area contributed by atoms with Gasteiger partial charge in [-0.1, -0.05) is 0 Å². The highest BCUT2D eigenvalue weighted by atomic mass is 32.2. The number of carbonyl (C=O) groups excluding carboxylic acids is 1. The number of hydrogen-bond acceptors (Lipinski definition) is 4. The lowest BCUT2D eigenvalue weighted by Crippen LogP contribution is -2.56. The van der Waals surface area contributed by atoms with Gasteiger partial charge in [0.05, 0.1) is 12.4 Å². The fraction of sp³-hybridized carbons (Fsp3) is 0.889. The molecule has 7 heteroatoms. The number of rotatable bonds is 5. The number of hydrogen-bond donors (Lipinski definition) is 1. The third-order valence-corrected chi connectivity index (χ3v) is 4.39. The van der Waals surface area contributed by atoms with Crippen LogP contribution in [0.4, 0.5) is 0 Å². The molecule has 0 spiro atoms. The Balaban J connectivity index is 2.63. The predicted molar refractivity (Wildman–Crippen MR) is 59.5 cm³/mol. The Hall–Kier alpha value is -0.660. The maximum absolute atomic E-state index is 11.9. The van der Waals surface area contributed by atoms with Crippen molar-refractivity contribution in [1.29, 1.82) is 0 Å². The minimum absolute atomic E-state index is 0.0710. The predicted octanol–water partition coefficient (Wildman–Crippen LogP) is -0.827. The zero-order valence-electron chi connectivity index (χ0n) is 9.60. The van der Waals surface area contributed by atoms with Crippen LogP contribution in [0.15, 0.2) is 0 Å². The number of nitrogens with one attached hydrogen (secondary N) is 1. The third kappa shape index (κ3) is 3.16. The number of amides is 1. The number of ether oxygens (including phenoxy) is 1. The fourth-order valence-electron chi connectivity index (χ4n) is 1.57. The SMILES string of the molecule is CCOCCS(=O)(=O)N1CCNC(=O)C1C. The van der Waals surface area contributed by atoms with E-state index in [2.05, 4.69) is 5.32 Å². The van der Waals surface area contributed by atoms with Crippen molar-refractivity contribution in [2.75, 3.05) is 32.1 Å². The number of carbonyl (C=O) groups is 1. The molecule has 94 valence electrons. The van der Waals surface area contributed by atoms with Crippen LogP contribution in [-0.4, -0.2) is 56.7 Å². The molecular weight excluding hydrogens is 232 g/mol. The van der Waals surface area contributed by atoms with Gasteiger partial charge in [0.2, 0.25) is 15.9 Å². The van der Waals surface area contributed by atoms with Crippen LogP contribution in [0.5, 0.6) is 0 Å². The first kappa shape index (κ1) is 13.4. The first-order valence-electron chi connectivity index (χ1n) is 5.34. The van der Waals surface area contributed by atoms with E-state index in [1.165, 1.54) is 4.31 Å². The molecule has 0 bridgehead atoms. The standard InChI is InChI=1S/C9H18N2O4S/c1-3-15-6-7-16(13,14)11-5-4-10-9(12)8(11)2/h8H,3-7H2,1-2H3,(H,10,12). The number of piperazine rings is 1. The van der Waals surface area contributed by atoms with Crippen LogP contribution in [0, 0.1) is 0 Å². The average molecular weight is 250 g/mol. The van der Waals surface area contributed by atoms with Gasteiger partial charge in [-0.25, -0.2) is 8.42 Å². The first-order valence-corrected chi connectivity index (χ1v) is 6.95. The monoisotopic (exact) mass is 250 g/mol. The zero-order chi connectivity index (χ0) is 12.2. The normalized spacial score (nSPS) is 23.1. The van der Waals surface area contributed by atoms with Gasteiger partial charge >= 0.3 is 0 Å². The van der Waals surface area contributed by atoms with Crippen LogP contribution < -0.4 is 5.32 Å².